The first kappa shape index (κ1) is 23.0. The van der Waals surface area contributed by atoms with Gasteiger partial charge in [-0.15, -0.1) is 0 Å². The number of imide groups is 1. The van der Waals surface area contributed by atoms with Crippen molar-refractivity contribution in [1.29, 1.82) is 0 Å². The number of hydrogen-bond donors (Lipinski definition) is 1. The Bertz CT molecular complexity index is 1020. The van der Waals surface area contributed by atoms with E-state index >= 15 is 0 Å². The highest BCUT2D eigenvalue weighted by Gasteiger charge is 2.43. The van der Waals surface area contributed by atoms with E-state index in [0.717, 1.165) is 30.8 Å². The molecule has 2 aromatic carbocycles. The third-order valence-electron chi connectivity index (χ3n) is 6.07. The zero-order valence-corrected chi connectivity index (χ0v) is 19.3. The van der Waals surface area contributed by atoms with Crippen LogP contribution in [0.3, 0.4) is 0 Å². The molecule has 0 spiro atoms. The molecule has 2 heterocycles. The summed E-state index contributed by atoms with van der Waals surface area (Å²) < 4.78 is 5.69. The molecule has 2 aliphatic heterocycles. The summed E-state index contributed by atoms with van der Waals surface area (Å²) in [6, 6.07) is 14.8. The van der Waals surface area contributed by atoms with Gasteiger partial charge in [0.25, 0.3) is 11.8 Å². The zero-order valence-electron chi connectivity index (χ0n) is 19.3. The lowest BCUT2D eigenvalue weighted by atomic mass is 10.0. The number of aliphatic hydroxyl groups excluding tert-OH is 1. The van der Waals surface area contributed by atoms with Crippen LogP contribution in [0.2, 0.25) is 0 Å². The van der Waals surface area contributed by atoms with Crippen LogP contribution in [-0.4, -0.2) is 72.7 Å². The zero-order chi connectivity index (χ0) is 23.4. The molecule has 0 unspecified atom stereocenters. The van der Waals surface area contributed by atoms with E-state index in [1.165, 1.54) is 4.90 Å². The Labute approximate surface area is 194 Å². The molecule has 1 fully saturated rings. The number of anilines is 1. The smallest absolute Gasteiger partial charge is 0.282 e. The van der Waals surface area contributed by atoms with Crippen molar-refractivity contribution in [3.8, 4) is 5.75 Å². The molecule has 0 bridgehead atoms. The first-order valence-corrected chi connectivity index (χ1v) is 11.5. The summed E-state index contributed by atoms with van der Waals surface area (Å²) in [4.78, 5) is 32.7. The summed E-state index contributed by atoms with van der Waals surface area (Å²) in [5.41, 5.74) is 3.23. The fourth-order valence-electron chi connectivity index (χ4n) is 4.27. The van der Waals surface area contributed by atoms with Crippen LogP contribution in [0.1, 0.15) is 24.5 Å². The van der Waals surface area contributed by atoms with E-state index in [-0.39, 0.29) is 18.4 Å². The number of hydrogen-bond acceptors (Lipinski definition) is 6. The van der Waals surface area contributed by atoms with Crippen LogP contribution >= 0.6 is 0 Å². The van der Waals surface area contributed by atoms with Crippen molar-refractivity contribution in [2.45, 2.75) is 20.3 Å². The summed E-state index contributed by atoms with van der Waals surface area (Å²) >= 11 is 0. The van der Waals surface area contributed by atoms with Crippen LogP contribution in [0.25, 0.3) is 5.57 Å². The van der Waals surface area contributed by atoms with Crippen LogP contribution < -0.4 is 9.64 Å². The van der Waals surface area contributed by atoms with Gasteiger partial charge < -0.3 is 14.7 Å². The van der Waals surface area contributed by atoms with E-state index in [1.807, 2.05) is 67.3 Å². The topological polar surface area (TPSA) is 73.3 Å². The molecule has 0 aliphatic carbocycles. The van der Waals surface area contributed by atoms with Crippen LogP contribution in [-0.2, 0) is 9.59 Å². The van der Waals surface area contributed by atoms with Crippen LogP contribution in [0.5, 0.6) is 5.75 Å². The van der Waals surface area contributed by atoms with Crippen LogP contribution in [0, 0.1) is 6.92 Å². The molecular formula is C26H31N3O4. The van der Waals surface area contributed by atoms with E-state index in [0.29, 0.717) is 48.8 Å². The molecule has 2 amide bonds. The van der Waals surface area contributed by atoms with Gasteiger partial charge in [0.2, 0.25) is 0 Å². The SMILES string of the molecule is CCCOc1ccc(C2=C(N3CCN(CCO)CC3)C(=O)N(c3ccc(C)cc3)C2=O)cc1. The molecule has 7 heteroatoms. The number of benzene rings is 2. The van der Waals surface area contributed by atoms with Crippen molar-refractivity contribution in [3.63, 3.8) is 0 Å². The Hall–Kier alpha value is -3.16. The Morgan fingerprint density at radius 1 is 0.909 bits per heavy atom. The first-order valence-electron chi connectivity index (χ1n) is 11.5. The molecule has 0 atom stereocenters. The fourth-order valence-corrected chi connectivity index (χ4v) is 4.27. The third kappa shape index (κ3) is 4.79. The monoisotopic (exact) mass is 449 g/mol. The lowest BCUT2D eigenvalue weighted by Crippen LogP contribution is -2.48. The van der Waals surface area contributed by atoms with E-state index < -0.39 is 0 Å². The average molecular weight is 450 g/mol. The van der Waals surface area contributed by atoms with Gasteiger partial charge in [-0.25, -0.2) is 4.90 Å². The number of amides is 2. The number of aliphatic hydroxyl groups is 1. The minimum Gasteiger partial charge on any atom is -0.494 e. The number of carbonyl (C=O) groups is 2. The van der Waals surface area contributed by atoms with Gasteiger partial charge in [0.15, 0.2) is 0 Å². The van der Waals surface area contributed by atoms with Gasteiger partial charge in [-0.3, -0.25) is 14.5 Å². The maximum Gasteiger partial charge on any atom is 0.282 e. The van der Waals surface area contributed by atoms with Crippen molar-refractivity contribution in [2.75, 3.05) is 50.8 Å². The van der Waals surface area contributed by atoms with Gasteiger partial charge in [0.1, 0.15) is 11.4 Å². The van der Waals surface area contributed by atoms with Gasteiger partial charge in [0, 0.05) is 32.7 Å². The number of nitrogens with zero attached hydrogens (tertiary/aromatic N) is 3. The van der Waals surface area contributed by atoms with E-state index in [9.17, 15) is 14.7 Å². The molecule has 4 rings (SSSR count). The summed E-state index contributed by atoms with van der Waals surface area (Å²) in [5.74, 6) is 0.146. The Morgan fingerprint density at radius 2 is 1.58 bits per heavy atom. The van der Waals surface area contributed by atoms with Crippen molar-refractivity contribution in [2.24, 2.45) is 0 Å². The highest BCUT2D eigenvalue weighted by Crippen LogP contribution is 2.35. The van der Waals surface area contributed by atoms with Gasteiger partial charge in [-0.1, -0.05) is 36.8 Å². The number of rotatable bonds is 8. The lowest BCUT2D eigenvalue weighted by molar-refractivity contribution is -0.120. The number of β-amino-alcohol motifs (C(OH)–C–C–N with tert-alkyl or cyclic N) is 1. The van der Waals surface area contributed by atoms with Crippen molar-refractivity contribution in [3.05, 3.63) is 65.4 Å². The van der Waals surface area contributed by atoms with E-state index in [4.69, 9.17) is 4.74 Å². The quantitative estimate of drug-likeness (QED) is 0.625. The van der Waals surface area contributed by atoms with Gasteiger partial charge >= 0.3 is 0 Å². The van der Waals surface area contributed by atoms with Gasteiger partial charge in [0.05, 0.1) is 24.5 Å². The highest BCUT2D eigenvalue weighted by atomic mass is 16.5. The molecule has 7 nitrogen and oxygen atoms in total. The summed E-state index contributed by atoms with van der Waals surface area (Å²) in [6.45, 7) is 8.08. The summed E-state index contributed by atoms with van der Waals surface area (Å²) in [5, 5.41) is 9.24. The molecule has 1 N–H and O–H groups in total. The Balaban J connectivity index is 1.69. The Morgan fingerprint density at radius 3 is 2.18 bits per heavy atom. The maximum absolute atomic E-state index is 13.6. The highest BCUT2D eigenvalue weighted by molar-refractivity contribution is 6.45. The molecule has 2 aliphatic rings. The number of ether oxygens (including phenoxy) is 1. The fraction of sp³-hybridized carbons (Fsp3) is 0.385. The number of piperazine rings is 1. The normalized spacial score (nSPS) is 17.3. The van der Waals surface area contributed by atoms with Gasteiger partial charge in [-0.2, -0.15) is 0 Å². The van der Waals surface area contributed by atoms with Gasteiger partial charge in [-0.05, 0) is 43.2 Å². The summed E-state index contributed by atoms with van der Waals surface area (Å²) in [6.07, 6.45) is 0.914. The molecule has 0 radical (unpaired) electrons. The maximum atomic E-state index is 13.6. The number of carbonyl (C=O) groups excluding carboxylic acids is 2. The molecule has 0 saturated carbocycles. The predicted octanol–water partition coefficient (Wildman–Crippen LogP) is 2.68. The molecule has 2 aromatic rings. The second-order valence-electron chi connectivity index (χ2n) is 8.43. The standard InChI is InChI=1S/C26H31N3O4/c1-3-18-33-22-10-6-20(7-11-22)23-24(28-14-12-27(13-15-28)16-17-30)26(32)29(25(23)31)21-8-4-19(2)5-9-21/h4-11,30H,3,12-18H2,1-2H3. The molecular weight excluding hydrogens is 418 g/mol. The predicted molar refractivity (Wildman–Crippen MR) is 128 cm³/mol. The van der Waals surface area contributed by atoms with Crippen molar-refractivity contribution >= 4 is 23.1 Å². The lowest BCUT2D eigenvalue weighted by Gasteiger charge is -2.36. The van der Waals surface area contributed by atoms with Crippen molar-refractivity contribution in [1.82, 2.24) is 9.80 Å². The van der Waals surface area contributed by atoms with E-state index in [1.54, 1.807) is 0 Å². The van der Waals surface area contributed by atoms with Crippen molar-refractivity contribution < 1.29 is 19.4 Å². The minimum absolute atomic E-state index is 0.110. The Kier molecular flexibility index (Phi) is 7.11. The molecule has 0 aromatic heterocycles. The summed E-state index contributed by atoms with van der Waals surface area (Å²) in [7, 11) is 0. The number of aryl methyl sites for hydroxylation is 1. The second kappa shape index (κ2) is 10.2. The third-order valence-corrected chi connectivity index (χ3v) is 6.07. The average Bonchev–Trinajstić information content (AvgIpc) is 3.09. The van der Waals surface area contributed by atoms with Crippen LogP contribution in [0.4, 0.5) is 5.69 Å². The molecule has 33 heavy (non-hydrogen) atoms. The van der Waals surface area contributed by atoms with Crippen LogP contribution in [0.15, 0.2) is 54.2 Å². The largest absolute Gasteiger partial charge is 0.494 e. The minimum atomic E-state index is -0.307. The second-order valence-corrected chi connectivity index (χ2v) is 8.43. The molecule has 1 saturated heterocycles. The molecule has 174 valence electrons. The first-order chi connectivity index (χ1) is 16.0. The van der Waals surface area contributed by atoms with E-state index in [2.05, 4.69) is 4.90 Å².